The first kappa shape index (κ1) is 9.31. The molecule has 1 aromatic rings. The second kappa shape index (κ2) is 4.30. The van der Waals surface area contributed by atoms with Gasteiger partial charge in [-0.2, -0.15) is 0 Å². The summed E-state index contributed by atoms with van der Waals surface area (Å²) in [4.78, 5) is 14.8. The van der Waals surface area contributed by atoms with Gasteiger partial charge in [-0.05, 0) is 19.1 Å². The maximum Gasteiger partial charge on any atom is 0.412 e. The molecule has 1 aromatic heterocycles. The third-order valence-corrected chi connectivity index (χ3v) is 1.28. The number of nitrogens with one attached hydrogen (secondary N) is 1. The average Bonchev–Trinajstić information content (AvgIpc) is 2.04. The molecular weight excluding hydrogens is 170 g/mol. The minimum Gasteiger partial charge on any atom is -0.450 e. The zero-order chi connectivity index (χ0) is 9.68. The molecule has 0 aliphatic carbocycles. The SMILES string of the molecule is CCOC(=O)Nc1cccc(N)n1. The lowest BCUT2D eigenvalue weighted by Gasteiger charge is -2.03. The Kier molecular flexibility index (Phi) is 3.08. The molecule has 0 unspecified atom stereocenters. The number of nitrogen functional groups attached to an aromatic ring is 1. The van der Waals surface area contributed by atoms with Gasteiger partial charge in [-0.3, -0.25) is 5.32 Å². The zero-order valence-electron chi connectivity index (χ0n) is 7.28. The van der Waals surface area contributed by atoms with Crippen LogP contribution in [0.15, 0.2) is 18.2 Å². The van der Waals surface area contributed by atoms with Crippen molar-refractivity contribution in [2.45, 2.75) is 6.92 Å². The molecule has 5 nitrogen and oxygen atoms in total. The number of anilines is 2. The van der Waals surface area contributed by atoms with Crippen LogP contribution in [0.4, 0.5) is 16.4 Å². The fourth-order valence-electron chi connectivity index (χ4n) is 0.793. The molecule has 1 amide bonds. The second-order valence-corrected chi connectivity index (χ2v) is 2.29. The van der Waals surface area contributed by atoms with Crippen molar-refractivity contribution in [3.05, 3.63) is 18.2 Å². The number of hydrogen-bond acceptors (Lipinski definition) is 4. The van der Waals surface area contributed by atoms with Crippen LogP contribution in [0.3, 0.4) is 0 Å². The zero-order valence-corrected chi connectivity index (χ0v) is 7.28. The van der Waals surface area contributed by atoms with E-state index in [9.17, 15) is 4.79 Å². The van der Waals surface area contributed by atoms with E-state index in [1.54, 1.807) is 25.1 Å². The van der Waals surface area contributed by atoms with E-state index in [4.69, 9.17) is 5.73 Å². The summed E-state index contributed by atoms with van der Waals surface area (Å²) in [6, 6.07) is 4.97. The van der Waals surface area contributed by atoms with E-state index in [1.165, 1.54) is 0 Å². The molecule has 0 saturated heterocycles. The quantitative estimate of drug-likeness (QED) is 0.719. The summed E-state index contributed by atoms with van der Waals surface area (Å²) >= 11 is 0. The molecule has 0 radical (unpaired) electrons. The highest BCUT2D eigenvalue weighted by atomic mass is 16.5. The smallest absolute Gasteiger partial charge is 0.412 e. The maximum atomic E-state index is 10.9. The molecule has 0 aliphatic heterocycles. The Bertz CT molecular complexity index is 301. The number of aromatic nitrogens is 1. The Balaban J connectivity index is 2.58. The number of carbonyl (C=O) groups is 1. The normalized spacial score (nSPS) is 9.31. The maximum absolute atomic E-state index is 10.9. The van der Waals surface area contributed by atoms with Crippen LogP contribution in [-0.2, 0) is 4.74 Å². The fourth-order valence-corrected chi connectivity index (χ4v) is 0.793. The highest BCUT2D eigenvalue weighted by molar-refractivity contribution is 5.83. The molecule has 0 fully saturated rings. The third kappa shape index (κ3) is 2.98. The van der Waals surface area contributed by atoms with E-state index >= 15 is 0 Å². The lowest BCUT2D eigenvalue weighted by atomic mass is 10.4. The number of hydrogen-bond donors (Lipinski definition) is 2. The summed E-state index contributed by atoms with van der Waals surface area (Å²) in [7, 11) is 0. The summed E-state index contributed by atoms with van der Waals surface area (Å²) in [5.41, 5.74) is 5.41. The lowest BCUT2D eigenvalue weighted by molar-refractivity contribution is 0.168. The predicted octanol–water partition coefficient (Wildman–Crippen LogP) is 1.23. The van der Waals surface area contributed by atoms with Crippen LogP contribution in [-0.4, -0.2) is 17.7 Å². The third-order valence-electron chi connectivity index (χ3n) is 1.28. The van der Waals surface area contributed by atoms with Gasteiger partial charge in [0.1, 0.15) is 11.6 Å². The average molecular weight is 181 g/mol. The standard InChI is InChI=1S/C8H11N3O2/c1-2-13-8(12)11-7-5-3-4-6(9)10-7/h3-5H,2H2,1H3,(H3,9,10,11,12). The van der Waals surface area contributed by atoms with Crippen molar-refractivity contribution in [3.63, 3.8) is 0 Å². The van der Waals surface area contributed by atoms with Gasteiger partial charge < -0.3 is 10.5 Å². The second-order valence-electron chi connectivity index (χ2n) is 2.29. The Morgan fingerprint density at radius 3 is 3.08 bits per heavy atom. The first-order valence-electron chi connectivity index (χ1n) is 3.88. The van der Waals surface area contributed by atoms with Gasteiger partial charge in [0.2, 0.25) is 0 Å². The Hall–Kier alpha value is -1.78. The van der Waals surface area contributed by atoms with Crippen molar-refractivity contribution >= 4 is 17.7 Å². The van der Waals surface area contributed by atoms with Crippen LogP contribution in [0.1, 0.15) is 6.92 Å². The first-order chi connectivity index (χ1) is 6.22. The van der Waals surface area contributed by atoms with Crippen LogP contribution < -0.4 is 11.1 Å². The molecule has 1 heterocycles. The van der Waals surface area contributed by atoms with Crippen LogP contribution in [0, 0.1) is 0 Å². The molecule has 0 aliphatic rings. The number of amides is 1. The van der Waals surface area contributed by atoms with Gasteiger partial charge in [-0.1, -0.05) is 6.07 Å². The minimum atomic E-state index is -0.527. The molecule has 13 heavy (non-hydrogen) atoms. The largest absolute Gasteiger partial charge is 0.450 e. The van der Waals surface area contributed by atoms with E-state index in [0.29, 0.717) is 18.2 Å². The van der Waals surface area contributed by atoms with Crippen molar-refractivity contribution in [2.24, 2.45) is 0 Å². The van der Waals surface area contributed by atoms with Gasteiger partial charge in [0.15, 0.2) is 0 Å². The summed E-state index contributed by atoms with van der Waals surface area (Å²) in [5, 5.41) is 2.43. The Labute approximate surface area is 75.9 Å². The van der Waals surface area contributed by atoms with Gasteiger partial charge in [-0.15, -0.1) is 0 Å². The van der Waals surface area contributed by atoms with E-state index in [1.807, 2.05) is 0 Å². The Morgan fingerprint density at radius 2 is 2.46 bits per heavy atom. The number of nitrogens with zero attached hydrogens (tertiary/aromatic N) is 1. The molecule has 0 aromatic carbocycles. The van der Waals surface area contributed by atoms with Crippen molar-refractivity contribution in [3.8, 4) is 0 Å². The van der Waals surface area contributed by atoms with E-state index in [2.05, 4.69) is 15.0 Å². The van der Waals surface area contributed by atoms with Crippen molar-refractivity contribution in [1.29, 1.82) is 0 Å². The first-order valence-corrected chi connectivity index (χ1v) is 3.88. The van der Waals surface area contributed by atoms with E-state index < -0.39 is 6.09 Å². The number of ether oxygens (including phenoxy) is 1. The van der Waals surface area contributed by atoms with Gasteiger partial charge in [0.05, 0.1) is 6.61 Å². The van der Waals surface area contributed by atoms with Crippen LogP contribution >= 0.6 is 0 Å². The van der Waals surface area contributed by atoms with E-state index in [0.717, 1.165) is 0 Å². The molecule has 0 atom stereocenters. The topological polar surface area (TPSA) is 77.2 Å². The minimum absolute atomic E-state index is 0.328. The lowest BCUT2D eigenvalue weighted by Crippen LogP contribution is -2.14. The van der Waals surface area contributed by atoms with E-state index in [-0.39, 0.29) is 0 Å². The fraction of sp³-hybridized carbons (Fsp3) is 0.250. The molecule has 0 saturated carbocycles. The Morgan fingerprint density at radius 1 is 1.69 bits per heavy atom. The molecule has 0 bridgehead atoms. The molecule has 0 spiro atoms. The van der Waals surface area contributed by atoms with Gasteiger partial charge in [0, 0.05) is 0 Å². The summed E-state index contributed by atoms with van der Waals surface area (Å²) in [5.74, 6) is 0.743. The summed E-state index contributed by atoms with van der Waals surface area (Å²) in [6.45, 7) is 2.06. The van der Waals surface area contributed by atoms with Gasteiger partial charge >= 0.3 is 6.09 Å². The molecule has 1 rings (SSSR count). The van der Waals surface area contributed by atoms with Crippen LogP contribution in [0.25, 0.3) is 0 Å². The highest BCUT2D eigenvalue weighted by Gasteiger charge is 2.01. The van der Waals surface area contributed by atoms with Crippen LogP contribution in [0.2, 0.25) is 0 Å². The monoisotopic (exact) mass is 181 g/mol. The summed E-state index contributed by atoms with van der Waals surface area (Å²) in [6.07, 6.45) is -0.527. The highest BCUT2D eigenvalue weighted by Crippen LogP contribution is 2.05. The van der Waals surface area contributed by atoms with Crippen LogP contribution in [0.5, 0.6) is 0 Å². The molecular formula is C8H11N3O2. The molecule has 70 valence electrons. The number of carbonyl (C=O) groups excluding carboxylic acids is 1. The number of nitrogens with two attached hydrogens (primary N) is 1. The predicted molar refractivity (Wildman–Crippen MR) is 49.3 cm³/mol. The number of rotatable bonds is 2. The molecule has 3 N–H and O–H groups in total. The van der Waals surface area contributed by atoms with Crippen molar-refractivity contribution in [2.75, 3.05) is 17.7 Å². The number of pyridine rings is 1. The molecule has 5 heteroatoms. The van der Waals surface area contributed by atoms with Crippen molar-refractivity contribution in [1.82, 2.24) is 4.98 Å². The van der Waals surface area contributed by atoms with Gasteiger partial charge in [-0.25, -0.2) is 9.78 Å². The van der Waals surface area contributed by atoms with Gasteiger partial charge in [0.25, 0.3) is 0 Å². The summed E-state index contributed by atoms with van der Waals surface area (Å²) < 4.78 is 4.65. The van der Waals surface area contributed by atoms with Crippen molar-refractivity contribution < 1.29 is 9.53 Å².